The minimum atomic E-state index is -0.849. The Morgan fingerprint density at radius 3 is 2.23 bits per heavy atom. The van der Waals surface area contributed by atoms with Crippen molar-refractivity contribution in [3.05, 3.63) is 0 Å². The number of nitrogens with zero attached hydrogens (tertiary/aromatic N) is 1. The molecule has 0 aromatic heterocycles. The van der Waals surface area contributed by atoms with Gasteiger partial charge in [-0.3, -0.25) is 15.0 Å². The Morgan fingerprint density at radius 1 is 1.23 bits per heavy atom. The predicted molar refractivity (Wildman–Crippen MR) is 81.2 cm³/mol. The molecule has 8 nitrogen and oxygen atoms in total. The summed E-state index contributed by atoms with van der Waals surface area (Å²) >= 11 is 0. The third-order valence-electron chi connectivity index (χ3n) is 3.42. The number of nitrogens with two attached hydrogens (primary N) is 1. The van der Waals surface area contributed by atoms with Gasteiger partial charge in [0.05, 0.1) is 6.04 Å². The second-order valence-electron chi connectivity index (χ2n) is 6.49. The maximum absolute atomic E-state index is 11.7. The van der Waals surface area contributed by atoms with E-state index < -0.39 is 29.7 Å². The number of imide groups is 1. The average Bonchev–Trinajstić information content (AvgIpc) is 2.35. The van der Waals surface area contributed by atoms with Crippen LogP contribution in [0.1, 0.15) is 40.5 Å². The van der Waals surface area contributed by atoms with E-state index in [2.05, 4.69) is 10.6 Å². The van der Waals surface area contributed by atoms with Crippen LogP contribution in [0, 0.1) is 0 Å². The first-order valence-electron chi connectivity index (χ1n) is 7.42. The fraction of sp³-hybridized carbons (Fsp3) is 0.786. The van der Waals surface area contributed by atoms with Gasteiger partial charge in [0.25, 0.3) is 0 Å². The molecule has 0 aliphatic carbocycles. The van der Waals surface area contributed by atoms with E-state index in [1.165, 1.54) is 0 Å². The molecule has 1 saturated heterocycles. The van der Waals surface area contributed by atoms with Crippen LogP contribution in [0.3, 0.4) is 0 Å². The summed E-state index contributed by atoms with van der Waals surface area (Å²) in [5, 5.41) is 4.91. The molecule has 1 aliphatic heterocycles. The van der Waals surface area contributed by atoms with Crippen molar-refractivity contribution in [2.45, 2.75) is 58.2 Å². The van der Waals surface area contributed by atoms with Gasteiger partial charge >= 0.3 is 12.1 Å². The van der Waals surface area contributed by atoms with Crippen molar-refractivity contribution < 1.29 is 19.1 Å². The van der Waals surface area contributed by atoms with Gasteiger partial charge in [0.15, 0.2) is 0 Å². The molecule has 0 bridgehead atoms. The number of carbonyl (C=O) groups excluding carboxylic acids is 3. The molecule has 0 spiro atoms. The monoisotopic (exact) mass is 314 g/mol. The summed E-state index contributed by atoms with van der Waals surface area (Å²) in [6, 6.07) is -1.26. The summed E-state index contributed by atoms with van der Waals surface area (Å²) in [6.07, 6.45) is 1.01. The quantitative estimate of drug-likeness (QED) is 0.704. The SMILES string of the molecule is CC(C(=O)NC(N)=O)N1CCC(NC(=O)OC(C)(C)C)CC1. The molecule has 0 aromatic carbocycles. The molecule has 1 unspecified atom stereocenters. The Balaban J connectivity index is 2.38. The second kappa shape index (κ2) is 7.44. The van der Waals surface area contributed by atoms with Crippen LogP contribution >= 0.6 is 0 Å². The average molecular weight is 314 g/mol. The van der Waals surface area contributed by atoms with E-state index in [0.717, 1.165) is 0 Å². The molecule has 1 rings (SSSR count). The molecule has 4 amide bonds. The number of primary amides is 1. The molecule has 0 saturated carbocycles. The van der Waals surface area contributed by atoms with Crippen molar-refractivity contribution in [1.82, 2.24) is 15.5 Å². The predicted octanol–water partition coefficient (Wildman–Crippen LogP) is 0.559. The highest BCUT2D eigenvalue weighted by Crippen LogP contribution is 2.14. The highest BCUT2D eigenvalue weighted by Gasteiger charge is 2.28. The molecule has 1 atom stereocenters. The van der Waals surface area contributed by atoms with Crippen molar-refractivity contribution >= 4 is 18.0 Å². The minimum absolute atomic E-state index is 0.0255. The van der Waals surface area contributed by atoms with Crippen molar-refractivity contribution in [2.75, 3.05) is 13.1 Å². The number of nitrogens with one attached hydrogen (secondary N) is 2. The number of hydrogen-bond acceptors (Lipinski definition) is 5. The molecule has 8 heteroatoms. The lowest BCUT2D eigenvalue weighted by Gasteiger charge is -2.35. The van der Waals surface area contributed by atoms with Crippen molar-refractivity contribution in [3.63, 3.8) is 0 Å². The first-order valence-corrected chi connectivity index (χ1v) is 7.42. The first-order chi connectivity index (χ1) is 10.1. The van der Waals surface area contributed by atoms with Gasteiger partial charge in [0.2, 0.25) is 5.91 Å². The second-order valence-corrected chi connectivity index (χ2v) is 6.49. The van der Waals surface area contributed by atoms with Crippen molar-refractivity contribution in [1.29, 1.82) is 0 Å². The zero-order chi connectivity index (χ0) is 16.9. The van der Waals surface area contributed by atoms with E-state index in [1.54, 1.807) is 6.92 Å². The molecule has 0 aromatic rings. The van der Waals surface area contributed by atoms with Crippen LogP contribution in [0.25, 0.3) is 0 Å². The number of rotatable bonds is 3. The van der Waals surface area contributed by atoms with Crippen LogP contribution in [0.4, 0.5) is 9.59 Å². The summed E-state index contributed by atoms with van der Waals surface area (Å²) in [7, 11) is 0. The molecule has 1 aliphatic rings. The number of piperidine rings is 1. The van der Waals surface area contributed by atoms with E-state index in [0.29, 0.717) is 25.9 Å². The summed E-state index contributed by atoms with van der Waals surface area (Å²) in [4.78, 5) is 36.1. The molecule has 4 N–H and O–H groups in total. The molecular formula is C14H26N4O4. The van der Waals surface area contributed by atoms with E-state index in [-0.39, 0.29) is 6.04 Å². The van der Waals surface area contributed by atoms with E-state index >= 15 is 0 Å². The van der Waals surface area contributed by atoms with Gasteiger partial charge in [0.1, 0.15) is 5.60 Å². The third-order valence-corrected chi connectivity index (χ3v) is 3.42. The maximum atomic E-state index is 11.7. The summed E-state index contributed by atoms with van der Waals surface area (Å²) in [5.74, 6) is -0.411. The van der Waals surface area contributed by atoms with Crippen molar-refractivity contribution in [3.8, 4) is 0 Å². The number of ether oxygens (including phenoxy) is 1. The molecule has 126 valence electrons. The first kappa shape index (κ1) is 18.2. The Labute approximate surface area is 130 Å². The van der Waals surface area contributed by atoms with Gasteiger partial charge < -0.3 is 15.8 Å². The number of alkyl carbamates (subject to hydrolysis) is 1. The zero-order valence-electron chi connectivity index (χ0n) is 13.6. The Hall–Kier alpha value is -1.83. The fourth-order valence-electron chi connectivity index (χ4n) is 2.30. The number of amides is 4. The summed E-state index contributed by atoms with van der Waals surface area (Å²) < 4.78 is 5.22. The standard InChI is InChI=1S/C14H26N4O4/c1-9(11(19)17-12(15)20)18-7-5-10(6-8-18)16-13(21)22-14(2,3)4/h9-10H,5-8H2,1-4H3,(H,16,21)(H3,15,17,19,20). The van der Waals surface area contributed by atoms with Gasteiger partial charge in [-0.25, -0.2) is 9.59 Å². The number of likely N-dealkylation sites (tertiary alicyclic amines) is 1. The van der Waals surface area contributed by atoms with Crippen LogP contribution in [0.2, 0.25) is 0 Å². The van der Waals surface area contributed by atoms with Crippen LogP contribution in [-0.4, -0.2) is 53.7 Å². The van der Waals surface area contributed by atoms with Gasteiger partial charge in [0, 0.05) is 19.1 Å². The lowest BCUT2D eigenvalue weighted by molar-refractivity contribution is -0.125. The Morgan fingerprint density at radius 2 is 1.77 bits per heavy atom. The molecule has 1 heterocycles. The van der Waals surface area contributed by atoms with Crippen LogP contribution < -0.4 is 16.4 Å². The lowest BCUT2D eigenvalue weighted by atomic mass is 10.0. The summed E-state index contributed by atoms with van der Waals surface area (Å²) in [6.45, 7) is 8.46. The third kappa shape index (κ3) is 6.30. The smallest absolute Gasteiger partial charge is 0.407 e. The molecular weight excluding hydrogens is 288 g/mol. The Bertz CT molecular complexity index is 425. The number of carbonyl (C=O) groups is 3. The topological polar surface area (TPSA) is 114 Å². The maximum Gasteiger partial charge on any atom is 0.407 e. The van der Waals surface area contributed by atoms with Crippen LogP contribution in [0.5, 0.6) is 0 Å². The van der Waals surface area contributed by atoms with E-state index in [9.17, 15) is 14.4 Å². The summed E-state index contributed by atoms with van der Waals surface area (Å²) in [5.41, 5.74) is 4.42. The van der Waals surface area contributed by atoms with Gasteiger partial charge in [-0.1, -0.05) is 0 Å². The largest absolute Gasteiger partial charge is 0.444 e. The lowest BCUT2D eigenvalue weighted by Crippen LogP contribution is -2.53. The van der Waals surface area contributed by atoms with E-state index in [4.69, 9.17) is 10.5 Å². The van der Waals surface area contributed by atoms with Gasteiger partial charge in [-0.2, -0.15) is 0 Å². The molecule has 0 radical (unpaired) electrons. The van der Waals surface area contributed by atoms with E-state index in [1.807, 2.05) is 25.7 Å². The van der Waals surface area contributed by atoms with Crippen LogP contribution in [-0.2, 0) is 9.53 Å². The van der Waals surface area contributed by atoms with Gasteiger partial charge in [-0.15, -0.1) is 0 Å². The van der Waals surface area contributed by atoms with Gasteiger partial charge in [-0.05, 0) is 40.5 Å². The molecule has 22 heavy (non-hydrogen) atoms. The minimum Gasteiger partial charge on any atom is -0.444 e. The van der Waals surface area contributed by atoms with Crippen LogP contribution in [0.15, 0.2) is 0 Å². The number of urea groups is 1. The fourth-order valence-corrected chi connectivity index (χ4v) is 2.30. The zero-order valence-corrected chi connectivity index (χ0v) is 13.6. The Kier molecular flexibility index (Phi) is 6.16. The highest BCUT2D eigenvalue weighted by molar-refractivity contribution is 5.96. The highest BCUT2D eigenvalue weighted by atomic mass is 16.6. The van der Waals surface area contributed by atoms with Crippen molar-refractivity contribution in [2.24, 2.45) is 5.73 Å². The molecule has 1 fully saturated rings. The normalized spacial score (nSPS) is 18.4. The number of hydrogen-bond donors (Lipinski definition) is 3.